The standard InChI is InChI=1S/C36H39Cl2N3O4S/c1-25-19-20-28(21-26(25)2)41(46(44,45)29-15-10-7-11-16-29)24-34(42)40(23-30-31(37)17-12-18-32(30)38)33(35(43)39-36(3,4)5)22-27-13-8-6-9-14-27/h6-21,33H,22-24H2,1-5H3,(H,39,43)/t33-/m0/s1. The Kier molecular flexibility index (Phi) is 11.2. The quantitative estimate of drug-likeness (QED) is 0.179. The fourth-order valence-corrected chi connectivity index (χ4v) is 6.93. The third kappa shape index (κ3) is 8.69. The molecule has 0 fully saturated rings. The molecule has 0 saturated heterocycles. The van der Waals surface area contributed by atoms with Crippen molar-refractivity contribution >= 4 is 50.7 Å². The first kappa shape index (κ1) is 35.0. The number of nitrogens with one attached hydrogen (secondary N) is 1. The van der Waals surface area contributed by atoms with E-state index in [1.165, 1.54) is 17.0 Å². The summed E-state index contributed by atoms with van der Waals surface area (Å²) in [6.45, 7) is 8.68. The lowest BCUT2D eigenvalue weighted by atomic mass is 10.0. The first-order chi connectivity index (χ1) is 21.7. The zero-order valence-corrected chi connectivity index (χ0v) is 29.0. The van der Waals surface area contributed by atoms with E-state index in [9.17, 15) is 18.0 Å². The van der Waals surface area contributed by atoms with Crippen LogP contribution in [0.25, 0.3) is 0 Å². The molecule has 2 amide bonds. The highest BCUT2D eigenvalue weighted by Gasteiger charge is 2.36. The van der Waals surface area contributed by atoms with E-state index < -0.39 is 40.0 Å². The van der Waals surface area contributed by atoms with Gasteiger partial charge in [0.2, 0.25) is 11.8 Å². The van der Waals surface area contributed by atoms with Gasteiger partial charge < -0.3 is 10.2 Å². The highest BCUT2D eigenvalue weighted by molar-refractivity contribution is 7.92. The number of aryl methyl sites for hydroxylation is 2. The monoisotopic (exact) mass is 679 g/mol. The molecule has 0 aliphatic heterocycles. The predicted molar refractivity (Wildman–Crippen MR) is 186 cm³/mol. The van der Waals surface area contributed by atoms with E-state index >= 15 is 0 Å². The van der Waals surface area contributed by atoms with Crippen molar-refractivity contribution in [3.05, 3.63) is 129 Å². The molecule has 46 heavy (non-hydrogen) atoms. The Labute approximate surface area is 282 Å². The van der Waals surface area contributed by atoms with Crippen LogP contribution in [0, 0.1) is 13.8 Å². The second kappa shape index (κ2) is 14.7. The first-order valence-electron chi connectivity index (χ1n) is 14.9. The number of amides is 2. The minimum Gasteiger partial charge on any atom is -0.350 e. The maximum absolute atomic E-state index is 14.6. The molecule has 1 N–H and O–H groups in total. The molecular formula is C36H39Cl2N3O4S. The Balaban J connectivity index is 1.86. The van der Waals surface area contributed by atoms with Crippen molar-refractivity contribution in [3.63, 3.8) is 0 Å². The molecule has 0 heterocycles. The largest absolute Gasteiger partial charge is 0.350 e. The van der Waals surface area contributed by atoms with E-state index in [1.807, 2.05) is 71.0 Å². The predicted octanol–water partition coefficient (Wildman–Crippen LogP) is 7.36. The van der Waals surface area contributed by atoms with Crippen LogP contribution < -0.4 is 9.62 Å². The van der Waals surface area contributed by atoms with Gasteiger partial charge in [0.15, 0.2) is 0 Å². The topological polar surface area (TPSA) is 86.8 Å². The fourth-order valence-electron chi connectivity index (χ4n) is 4.99. The van der Waals surface area contributed by atoms with Crippen LogP contribution in [0.15, 0.2) is 102 Å². The van der Waals surface area contributed by atoms with E-state index in [0.29, 0.717) is 21.3 Å². The van der Waals surface area contributed by atoms with E-state index in [4.69, 9.17) is 23.2 Å². The molecular weight excluding hydrogens is 641 g/mol. The molecule has 0 aliphatic carbocycles. The van der Waals surface area contributed by atoms with Crippen LogP contribution in [-0.2, 0) is 32.6 Å². The molecule has 242 valence electrons. The molecule has 0 radical (unpaired) electrons. The van der Waals surface area contributed by atoms with Crippen LogP contribution in [0.3, 0.4) is 0 Å². The number of benzene rings is 4. The summed E-state index contributed by atoms with van der Waals surface area (Å²) in [7, 11) is -4.20. The summed E-state index contributed by atoms with van der Waals surface area (Å²) in [6, 6.07) is 26.5. The third-order valence-corrected chi connectivity index (χ3v) is 10.0. The molecule has 0 saturated carbocycles. The van der Waals surface area contributed by atoms with Gasteiger partial charge in [-0.2, -0.15) is 0 Å². The first-order valence-corrected chi connectivity index (χ1v) is 17.1. The Morgan fingerprint density at radius 3 is 1.96 bits per heavy atom. The molecule has 0 unspecified atom stereocenters. The van der Waals surface area contributed by atoms with Gasteiger partial charge in [-0.05, 0) is 87.7 Å². The van der Waals surface area contributed by atoms with Crippen LogP contribution >= 0.6 is 23.2 Å². The van der Waals surface area contributed by atoms with Crippen molar-refractivity contribution in [3.8, 4) is 0 Å². The average molecular weight is 681 g/mol. The Morgan fingerprint density at radius 1 is 0.804 bits per heavy atom. The highest BCUT2D eigenvalue weighted by atomic mass is 35.5. The minimum atomic E-state index is -4.20. The van der Waals surface area contributed by atoms with Crippen molar-refractivity contribution < 1.29 is 18.0 Å². The molecule has 4 rings (SSSR count). The number of sulfonamides is 1. The second-order valence-corrected chi connectivity index (χ2v) is 14.9. The molecule has 0 aromatic heterocycles. The summed E-state index contributed by atoms with van der Waals surface area (Å²) in [5.41, 5.74) is 2.83. The molecule has 0 spiro atoms. The maximum atomic E-state index is 14.6. The van der Waals surface area contributed by atoms with Gasteiger partial charge in [-0.25, -0.2) is 8.42 Å². The van der Waals surface area contributed by atoms with Crippen molar-refractivity contribution in [2.45, 2.75) is 64.1 Å². The Morgan fingerprint density at radius 2 is 1.39 bits per heavy atom. The molecule has 10 heteroatoms. The number of halogens is 2. The van der Waals surface area contributed by atoms with E-state index in [-0.39, 0.29) is 17.9 Å². The van der Waals surface area contributed by atoms with Gasteiger partial charge in [0.1, 0.15) is 12.6 Å². The van der Waals surface area contributed by atoms with Crippen molar-refractivity contribution in [1.82, 2.24) is 10.2 Å². The summed E-state index contributed by atoms with van der Waals surface area (Å²) in [5.74, 6) is -0.991. The zero-order chi connectivity index (χ0) is 33.6. The molecule has 1 atom stereocenters. The van der Waals surface area contributed by atoms with Crippen LogP contribution in [0.5, 0.6) is 0 Å². The fraction of sp³-hybridized carbons (Fsp3) is 0.278. The lowest BCUT2D eigenvalue weighted by Gasteiger charge is -2.35. The Bertz CT molecular complexity index is 1770. The highest BCUT2D eigenvalue weighted by Crippen LogP contribution is 2.30. The van der Waals surface area contributed by atoms with Crippen molar-refractivity contribution in [1.29, 1.82) is 0 Å². The number of anilines is 1. The second-order valence-electron chi connectivity index (χ2n) is 12.3. The van der Waals surface area contributed by atoms with E-state index in [0.717, 1.165) is 21.0 Å². The summed E-state index contributed by atoms with van der Waals surface area (Å²) >= 11 is 13.2. The normalized spacial score (nSPS) is 12.3. The lowest BCUT2D eigenvalue weighted by molar-refractivity contribution is -0.140. The van der Waals surface area contributed by atoms with Gasteiger partial charge in [-0.15, -0.1) is 0 Å². The van der Waals surface area contributed by atoms with E-state index in [1.54, 1.807) is 48.5 Å². The molecule has 0 aliphatic rings. The molecule has 7 nitrogen and oxygen atoms in total. The summed E-state index contributed by atoms with van der Waals surface area (Å²) in [6.07, 6.45) is 0.172. The number of carbonyl (C=O) groups is 2. The summed E-state index contributed by atoms with van der Waals surface area (Å²) < 4.78 is 29.4. The third-order valence-electron chi connectivity index (χ3n) is 7.55. The van der Waals surface area contributed by atoms with Crippen LogP contribution in [0.4, 0.5) is 5.69 Å². The minimum absolute atomic E-state index is 0.0352. The SMILES string of the molecule is Cc1ccc(N(CC(=O)N(Cc2c(Cl)cccc2Cl)[C@@H](Cc2ccccc2)C(=O)NC(C)(C)C)S(=O)(=O)c2ccccc2)cc1C. The summed E-state index contributed by atoms with van der Waals surface area (Å²) in [5, 5.41) is 3.66. The van der Waals surface area contributed by atoms with Gasteiger partial charge in [0.05, 0.1) is 10.6 Å². The number of carbonyl (C=O) groups excluding carboxylic acids is 2. The molecule has 4 aromatic carbocycles. The van der Waals surface area contributed by atoms with Crippen molar-refractivity contribution in [2.75, 3.05) is 10.8 Å². The zero-order valence-electron chi connectivity index (χ0n) is 26.6. The number of hydrogen-bond acceptors (Lipinski definition) is 4. The average Bonchev–Trinajstić information content (AvgIpc) is 3.00. The van der Waals surface area contributed by atoms with Crippen LogP contribution in [-0.4, -0.2) is 43.3 Å². The van der Waals surface area contributed by atoms with Crippen LogP contribution in [0.1, 0.15) is 43.0 Å². The smallest absolute Gasteiger partial charge is 0.264 e. The van der Waals surface area contributed by atoms with Gasteiger partial charge in [-0.3, -0.25) is 13.9 Å². The Hall–Kier alpha value is -3.85. The van der Waals surface area contributed by atoms with Gasteiger partial charge >= 0.3 is 0 Å². The maximum Gasteiger partial charge on any atom is 0.264 e. The molecule has 0 bridgehead atoms. The lowest BCUT2D eigenvalue weighted by Crippen LogP contribution is -2.56. The van der Waals surface area contributed by atoms with E-state index in [2.05, 4.69) is 5.32 Å². The number of hydrogen-bond donors (Lipinski definition) is 1. The van der Waals surface area contributed by atoms with Gasteiger partial charge in [0.25, 0.3) is 10.0 Å². The van der Waals surface area contributed by atoms with Gasteiger partial charge in [-0.1, -0.05) is 83.9 Å². The summed E-state index contributed by atoms with van der Waals surface area (Å²) in [4.78, 5) is 30.1. The molecule has 4 aromatic rings. The van der Waals surface area contributed by atoms with Crippen LogP contribution in [0.2, 0.25) is 10.0 Å². The number of rotatable bonds is 11. The van der Waals surface area contributed by atoms with Gasteiger partial charge in [0, 0.05) is 34.1 Å². The van der Waals surface area contributed by atoms with Crippen molar-refractivity contribution in [2.24, 2.45) is 0 Å². The number of nitrogens with zero attached hydrogens (tertiary/aromatic N) is 2.